The summed E-state index contributed by atoms with van der Waals surface area (Å²) in [7, 11) is -3.55. The highest BCUT2D eigenvalue weighted by Gasteiger charge is 2.26. The van der Waals surface area contributed by atoms with Crippen molar-refractivity contribution in [1.82, 2.24) is 0 Å². The van der Waals surface area contributed by atoms with Crippen molar-refractivity contribution in [1.29, 1.82) is 0 Å². The maximum absolute atomic E-state index is 13.0. The minimum atomic E-state index is -3.55. The Balaban J connectivity index is 2.81. The molecule has 1 aromatic carbocycles. The molecule has 5 nitrogen and oxygen atoms in total. The highest BCUT2D eigenvalue weighted by Crippen LogP contribution is 2.20. The Morgan fingerprint density at radius 2 is 1.95 bits per heavy atom. The zero-order valence-electron chi connectivity index (χ0n) is 11.7. The molecule has 1 amide bonds. The van der Waals surface area contributed by atoms with Crippen LogP contribution in [0.4, 0.5) is 15.8 Å². The highest BCUT2D eigenvalue weighted by molar-refractivity contribution is 7.92. The van der Waals surface area contributed by atoms with Gasteiger partial charge in [-0.05, 0) is 31.0 Å². The zero-order chi connectivity index (χ0) is 15.5. The molecule has 0 bridgehead atoms. The molecule has 0 radical (unpaired) electrons. The second-order valence-corrected chi connectivity index (χ2v) is 7.39. The van der Waals surface area contributed by atoms with Gasteiger partial charge in [0.15, 0.2) is 9.84 Å². The summed E-state index contributed by atoms with van der Waals surface area (Å²) in [5, 5.41) is 1.69. The smallest absolute Gasteiger partial charge is 0.239 e. The van der Waals surface area contributed by atoms with E-state index in [1.54, 1.807) is 20.8 Å². The number of sulfone groups is 1. The molecule has 0 aliphatic rings. The highest BCUT2D eigenvalue weighted by atomic mass is 32.2. The number of rotatable bonds is 5. The van der Waals surface area contributed by atoms with Crippen LogP contribution in [-0.2, 0) is 14.6 Å². The second kappa shape index (κ2) is 6.21. The van der Waals surface area contributed by atoms with Gasteiger partial charge in [-0.3, -0.25) is 4.79 Å². The van der Waals surface area contributed by atoms with Crippen molar-refractivity contribution in [3.63, 3.8) is 0 Å². The molecule has 3 N–H and O–H groups in total. The minimum Gasteiger partial charge on any atom is -0.397 e. The van der Waals surface area contributed by atoms with Crippen LogP contribution in [0.25, 0.3) is 0 Å². The Kier molecular flexibility index (Phi) is 5.10. The fraction of sp³-hybridized carbons (Fsp3) is 0.462. The van der Waals surface area contributed by atoms with Crippen molar-refractivity contribution >= 4 is 27.1 Å². The fourth-order valence-corrected chi connectivity index (χ4v) is 3.08. The van der Waals surface area contributed by atoms with Crippen molar-refractivity contribution in [3.05, 3.63) is 24.0 Å². The Labute approximate surface area is 118 Å². The van der Waals surface area contributed by atoms with Crippen LogP contribution < -0.4 is 11.1 Å². The summed E-state index contributed by atoms with van der Waals surface area (Å²) in [6, 6.07) is 3.50. The Bertz CT molecular complexity index is 600. The van der Waals surface area contributed by atoms with Crippen molar-refractivity contribution in [2.24, 2.45) is 5.92 Å². The molecule has 0 aliphatic heterocycles. The van der Waals surface area contributed by atoms with Gasteiger partial charge in [0.05, 0.1) is 16.6 Å². The number of anilines is 2. The number of nitrogens with one attached hydrogen (secondary N) is 1. The van der Waals surface area contributed by atoms with Crippen LogP contribution in [0.2, 0.25) is 0 Å². The first kappa shape index (κ1) is 16.4. The third kappa shape index (κ3) is 4.19. The number of amides is 1. The standard InChI is InChI=1S/C13H19FN2O3S/c1-8(2)9(3)20(18,19)7-13(17)16-12-6-10(14)4-5-11(12)15/h4-6,8-9H,7,15H2,1-3H3,(H,16,17). The van der Waals surface area contributed by atoms with Gasteiger partial charge in [-0.15, -0.1) is 0 Å². The number of carbonyl (C=O) groups is 1. The summed E-state index contributed by atoms with van der Waals surface area (Å²) in [6.45, 7) is 5.10. The molecule has 0 spiro atoms. The Morgan fingerprint density at radius 3 is 2.50 bits per heavy atom. The summed E-state index contributed by atoms with van der Waals surface area (Å²) >= 11 is 0. The Hall–Kier alpha value is -1.63. The van der Waals surface area contributed by atoms with E-state index in [0.717, 1.165) is 12.1 Å². The molecular weight excluding hydrogens is 283 g/mol. The Morgan fingerprint density at radius 1 is 1.35 bits per heavy atom. The van der Waals surface area contributed by atoms with E-state index in [9.17, 15) is 17.6 Å². The summed E-state index contributed by atoms with van der Waals surface area (Å²) in [5.41, 5.74) is 5.83. The van der Waals surface area contributed by atoms with E-state index >= 15 is 0 Å². The number of hydrogen-bond acceptors (Lipinski definition) is 4. The largest absolute Gasteiger partial charge is 0.397 e. The van der Waals surface area contributed by atoms with E-state index < -0.39 is 32.6 Å². The number of nitrogen functional groups attached to an aromatic ring is 1. The normalized spacial score (nSPS) is 13.2. The van der Waals surface area contributed by atoms with Gasteiger partial charge >= 0.3 is 0 Å². The fourth-order valence-electron chi connectivity index (χ4n) is 1.55. The second-order valence-electron chi connectivity index (χ2n) is 5.04. The van der Waals surface area contributed by atoms with Gasteiger partial charge in [0.2, 0.25) is 5.91 Å². The average molecular weight is 302 g/mol. The molecule has 1 rings (SSSR count). The molecule has 0 aliphatic carbocycles. The van der Waals surface area contributed by atoms with E-state index in [4.69, 9.17) is 5.73 Å². The number of hydrogen-bond donors (Lipinski definition) is 2. The van der Waals surface area contributed by atoms with Crippen LogP contribution in [0.3, 0.4) is 0 Å². The lowest BCUT2D eigenvalue weighted by molar-refractivity contribution is -0.113. The molecule has 1 unspecified atom stereocenters. The van der Waals surface area contributed by atoms with E-state index in [2.05, 4.69) is 5.32 Å². The van der Waals surface area contributed by atoms with Crippen LogP contribution in [0, 0.1) is 11.7 Å². The van der Waals surface area contributed by atoms with Gasteiger partial charge in [-0.1, -0.05) is 13.8 Å². The molecule has 1 atom stereocenters. The van der Waals surface area contributed by atoms with Crippen LogP contribution in [0.5, 0.6) is 0 Å². The quantitative estimate of drug-likeness (QED) is 0.812. The van der Waals surface area contributed by atoms with Crippen molar-refractivity contribution in [3.8, 4) is 0 Å². The lowest BCUT2D eigenvalue weighted by atomic mass is 10.2. The number of carbonyl (C=O) groups excluding carboxylic acids is 1. The maximum Gasteiger partial charge on any atom is 0.239 e. The first-order chi connectivity index (χ1) is 9.13. The first-order valence-corrected chi connectivity index (χ1v) is 7.91. The van der Waals surface area contributed by atoms with Gasteiger partial charge in [0, 0.05) is 0 Å². The van der Waals surface area contributed by atoms with Gasteiger partial charge in [-0.2, -0.15) is 0 Å². The molecule has 0 fully saturated rings. The number of nitrogens with two attached hydrogens (primary N) is 1. The van der Waals surface area contributed by atoms with Crippen LogP contribution in [0.1, 0.15) is 20.8 Å². The summed E-state index contributed by atoms with van der Waals surface area (Å²) in [5.74, 6) is -2.03. The molecule has 20 heavy (non-hydrogen) atoms. The number of benzene rings is 1. The molecule has 112 valence electrons. The molecule has 7 heteroatoms. The van der Waals surface area contributed by atoms with Crippen LogP contribution >= 0.6 is 0 Å². The van der Waals surface area contributed by atoms with E-state index in [-0.39, 0.29) is 17.3 Å². The number of halogens is 1. The van der Waals surface area contributed by atoms with Gasteiger partial charge in [0.25, 0.3) is 0 Å². The third-order valence-electron chi connectivity index (χ3n) is 3.13. The van der Waals surface area contributed by atoms with Crippen LogP contribution in [-0.4, -0.2) is 25.3 Å². The molecule has 1 aromatic rings. The molecule has 0 heterocycles. The summed E-state index contributed by atoms with van der Waals surface area (Å²) < 4.78 is 37.0. The predicted molar refractivity (Wildman–Crippen MR) is 77.5 cm³/mol. The van der Waals surface area contributed by atoms with Crippen molar-refractivity contribution in [2.75, 3.05) is 16.8 Å². The third-order valence-corrected chi connectivity index (χ3v) is 5.47. The van der Waals surface area contributed by atoms with Gasteiger partial charge < -0.3 is 11.1 Å². The molecule has 0 saturated heterocycles. The SMILES string of the molecule is CC(C)C(C)S(=O)(=O)CC(=O)Nc1cc(F)ccc1N. The lowest BCUT2D eigenvalue weighted by Gasteiger charge is -2.16. The lowest BCUT2D eigenvalue weighted by Crippen LogP contribution is -2.32. The first-order valence-electron chi connectivity index (χ1n) is 6.20. The van der Waals surface area contributed by atoms with Crippen molar-refractivity contribution < 1.29 is 17.6 Å². The average Bonchev–Trinajstić information content (AvgIpc) is 2.32. The topological polar surface area (TPSA) is 89.3 Å². The van der Waals surface area contributed by atoms with Crippen LogP contribution in [0.15, 0.2) is 18.2 Å². The summed E-state index contributed by atoms with van der Waals surface area (Å²) in [6.07, 6.45) is 0. The predicted octanol–water partition coefficient (Wildman–Crippen LogP) is 1.81. The van der Waals surface area contributed by atoms with Crippen molar-refractivity contribution in [2.45, 2.75) is 26.0 Å². The van der Waals surface area contributed by atoms with E-state index in [0.29, 0.717) is 0 Å². The maximum atomic E-state index is 13.0. The zero-order valence-corrected chi connectivity index (χ0v) is 12.5. The monoisotopic (exact) mass is 302 g/mol. The minimum absolute atomic E-state index is 0.0717. The van der Waals surface area contributed by atoms with E-state index in [1.807, 2.05) is 0 Å². The van der Waals surface area contributed by atoms with Gasteiger partial charge in [0.1, 0.15) is 11.6 Å². The van der Waals surface area contributed by atoms with E-state index in [1.165, 1.54) is 6.07 Å². The van der Waals surface area contributed by atoms with Gasteiger partial charge in [-0.25, -0.2) is 12.8 Å². The molecule has 0 aromatic heterocycles. The summed E-state index contributed by atoms with van der Waals surface area (Å²) in [4.78, 5) is 11.8. The molecular formula is C13H19FN2O3S. The molecule has 0 saturated carbocycles.